The molecule has 0 saturated heterocycles. The average Bonchev–Trinajstić information content (AvgIpc) is 2.80. The Morgan fingerprint density at radius 3 is 1.55 bits per heavy atom. The van der Waals surface area contributed by atoms with Gasteiger partial charge in [0.25, 0.3) is 10.1 Å². The molecule has 4 aromatic heterocycles. The number of nitrogens with zero attached hydrogens (tertiary/aromatic N) is 10. The van der Waals surface area contributed by atoms with Crippen molar-refractivity contribution in [3.8, 4) is 11.5 Å². The second kappa shape index (κ2) is 30.8. The van der Waals surface area contributed by atoms with Gasteiger partial charge in [0.15, 0.2) is 11.6 Å². The molecule has 87 heavy (non-hydrogen) atoms. The molecule has 0 fully saturated rings. The van der Waals surface area contributed by atoms with Crippen molar-refractivity contribution in [3.05, 3.63) is 163 Å². The molecule has 7 N–H and O–H groups in total. The number of aliphatic hydroxyl groups excluding tert-OH is 1. The molecule has 0 unspecified atom stereocenters. The van der Waals surface area contributed by atoms with Crippen LogP contribution in [0.1, 0.15) is 25.3 Å². The van der Waals surface area contributed by atoms with Gasteiger partial charge in [-0.1, -0.05) is 54.2 Å². The van der Waals surface area contributed by atoms with Gasteiger partial charge in [-0.05, 0) is 88.0 Å². The van der Waals surface area contributed by atoms with Gasteiger partial charge in [-0.3, -0.25) is 44.7 Å². The number of nitrogens with two attached hydrogens (primary N) is 1. The molecule has 0 aliphatic rings. The van der Waals surface area contributed by atoms with Crippen molar-refractivity contribution < 1.29 is 55.3 Å². The molecule has 0 saturated carbocycles. The third-order valence-electron chi connectivity index (χ3n) is 11.3. The number of aliphatic hydroxyl groups is 1. The molecule has 9 aromatic rings. The van der Waals surface area contributed by atoms with E-state index in [9.17, 15) is 46.6 Å². The molecule has 0 atom stereocenters. The van der Waals surface area contributed by atoms with Crippen LogP contribution in [0.4, 0.5) is 60.5 Å². The fourth-order valence-corrected chi connectivity index (χ4v) is 11.0. The average molecular weight is 1320 g/mol. The number of anilines is 7. The molecule has 0 aliphatic carbocycles. The number of ether oxygens (including phenoxy) is 2. The van der Waals surface area contributed by atoms with E-state index in [0.29, 0.717) is 61.5 Å². The van der Waals surface area contributed by atoms with Crippen LogP contribution in [0.5, 0.6) is 11.5 Å². The Labute approximate surface area is 511 Å². The largest absolute Gasteiger partial charge is 0.494 e. The van der Waals surface area contributed by atoms with E-state index in [4.69, 9.17) is 54.9 Å². The summed E-state index contributed by atoms with van der Waals surface area (Å²) in [6.45, 7) is 10.8. The van der Waals surface area contributed by atoms with Crippen LogP contribution in [-0.2, 0) is 19.2 Å². The molecule has 0 spiro atoms. The summed E-state index contributed by atoms with van der Waals surface area (Å²) in [5.74, 6) is -1.42. The predicted molar refractivity (Wildman–Crippen MR) is 333 cm³/mol. The van der Waals surface area contributed by atoms with Crippen LogP contribution in [0, 0.1) is 38.8 Å². The number of hydrogen-bond acceptors (Lipinski definition) is 23. The first-order valence-electron chi connectivity index (χ1n) is 25.0. The van der Waals surface area contributed by atoms with Crippen LogP contribution >= 0.6 is 49.1 Å². The molecule has 34 heteroatoms. The summed E-state index contributed by atoms with van der Waals surface area (Å²) >= 11 is 18.2. The monoisotopic (exact) mass is 1320 g/mol. The lowest BCUT2D eigenvalue weighted by atomic mass is 10.2. The lowest BCUT2D eigenvalue weighted by Gasteiger charge is -2.17. The minimum atomic E-state index is -4.02. The first kappa shape index (κ1) is 69.4. The van der Waals surface area contributed by atoms with Crippen LogP contribution < -0.4 is 41.8 Å². The Kier molecular flexibility index (Phi) is 24.6. The first-order valence-corrected chi connectivity index (χ1v) is 32.7. The van der Waals surface area contributed by atoms with Crippen LogP contribution in [-0.4, -0.2) is 115 Å². The topological polar surface area (TPSA) is 379 Å². The molecular formula is C53H55Cl3F2N14O12P2S. The Morgan fingerprint density at radius 1 is 0.655 bits per heavy atom. The Balaban J connectivity index is 0.000000226. The second-order valence-electron chi connectivity index (χ2n) is 18.5. The van der Waals surface area contributed by atoms with Gasteiger partial charge in [0.05, 0.1) is 85.7 Å². The quantitative estimate of drug-likeness (QED) is 0.0139. The van der Waals surface area contributed by atoms with Crippen molar-refractivity contribution >= 4 is 144 Å². The number of nitrogen functional groups attached to an aromatic ring is 1. The van der Waals surface area contributed by atoms with Crippen LogP contribution in [0.25, 0.3) is 22.1 Å². The number of halogens is 5. The van der Waals surface area contributed by atoms with Gasteiger partial charge in [-0.25, -0.2) is 9.97 Å². The normalized spacial score (nSPS) is 11.0. The van der Waals surface area contributed by atoms with Crippen molar-refractivity contribution in [1.29, 1.82) is 0 Å². The van der Waals surface area contributed by atoms with Gasteiger partial charge in [0.2, 0.25) is 22.9 Å². The van der Waals surface area contributed by atoms with Crippen molar-refractivity contribution in [3.63, 3.8) is 0 Å². The zero-order chi connectivity index (χ0) is 64.6. The second-order valence-corrected chi connectivity index (χ2v) is 27.4. The van der Waals surface area contributed by atoms with Gasteiger partial charge in [-0.15, -0.1) is 0 Å². The van der Waals surface area contributed by atoms with Crippen LogP contribution in [0.2, 0.25) is 15.3 Å². The maximum atomic E-state index is 14.0. The fraction of sp³-hybridized carbons (Fsp3) is 0.208. The highest BCUT2D eigenvalue weighted by Crippen LogP contribution is 2.43. The van der Waals surface area contributed by atoms with Crippen molar-refractivity contribution in [2.24, 2.45) is 0 Å². The number of aryl methyl sites for hydroxylation is 1. The molecule has 4 heterocycles. The number of unbranched alkanes of at least 4 members (excludes halogenated alkanes) is 1. The van der Waals surface area contributed by atoms with E-state index in [1.165, 1.54) is 44.9 Å². The summed E-state index contributed by atoms with van der Waals surface area (Å²) in [5, 5.41) is 40.0. The van der Waals surface area contributed by atoms with Gasteiger partial charge in [0, 0.05) is 55.7 Å². The maximum Gasteiger partial charge on any atom is 0.307 e. The lowest BCUT2D eigenvalue weighted by molar-refractivity contribution is -0.387. The van der Waals surface area contributed by atoms with Gasteiger partial charge in [-0.2, -0.15) is 27.2 Å². The first-order chi connectivity index (χ1) is 40.9. The van der Waals surface area contributed by atoms with Crippen molar-refractivity contribution in [1.82, 2.24) is 39.9 Å². The van der Waals surface area contributed by atoms with E-state index >= 15 is 0 Å². The highest BCUT2D eigenvalue weighted by Gasteiger charge is 2.25. The molecule has 460 valence electrons. The summed E-state index contributed by atoms with van der Waals surface area (Å²) in [7, 11) is -6.91. The Hall–Kier alpha value is -8.40. The highest BCUT2D eigenvalue weighted by molar-refractivity contribution is 7.85. The number of nitro benzene ring substituents is 2. The van der Waals surface area contributed by atoms with Crippen molar-refractivity contribution in [2.75, 3.05) is 69.2 Å². The maximum absolute atomic E-state index is 14.0. The lowest BCUT2D eigenvalue weighted by Crippen LogP contribution is -2.14. The van der Waals surface area contributed by atoms with E-state index in [1.807, 2.05) is 6.92 Å². The minimum Gasteiger partial charge on any atom is -0.494 e. The van der Waals surface area contributed by atoms with Crippen molar-refractivity contribution in [2.45, 2.75) is 31.6 Å². The highest BCUT2D eigenvalue weighted by atomic mass is 35.5. The van der Waals surface area contributed by atoms with E-state index in [-0.39, 0.29) is 49.8 Å². The predicted octanol–water partition coefficient (Wildman–Crippen LogP) is 11.9. The number of fused-ring (bicyclic) bond motifs is 2. The molecule has 0 aliphatic heterocycles. The van der Waals surface area contributed by atoms with E-state index in [0.717, 1.165) is 42.7 Å². The van der Waals surface area contributed by atoms with Crippen LogP contribution in [0.3, 0.4) is 0 Å². The van der Waals surface area contributed by atoms with Gasteiger partial charge < -0.3 is 45.4 Å². The molecule has 26 nitrogen and oxygen atoms in total. The van der Waals surface area contributed by atoms with Gasteiger partial charge in [0.1, 0.15) is 46.9 Å². The number of benzene rings is 5. The summed E-state index contributed by atoms with van der Waals surface area (Å²) in [6, 6.07) is 16.6. The number of nitrogens with one attached hydrogen (secondary N) is 3. The number of aromatic nitrogens is 8. The molecule has 0 bridgehead atoms. The Morgan fingerprint density at radius 2 is 1.11 bits per heavy atom. The number of hydrogen-bond donors (Lipinski definition) is 6. The third-order valence-corrected chi connectivity index (χ3v) is 16.0. The van der Waals surface area contributed by atoms with E-state index in [2.05, 4.69) is 67.5 Å². The van der Waals surface area contributed by atoms with Crippen LogP contribution in [0.15, 0.2) is 115 Å². The van der Waals surface area contributed by atoms with E-state index in [1.54, 1.807) is 81.6 Å². The van der Waals surface area contributed by atoms with E-state index < -0.39 is 57.3 Å². The Bertz CT molecular complexity index is 4180. The number of rotatable bonds is 15. The summed E-state index contributed by atoms with van der Waals surface area (Å²) < 4.78 is 92.1. The molecule has 0 amide bonds. The summed E-state index contributed by atoms with van der Waals surface area (Å²) in [5.41, 5.74) is 8.39. The summed E-state index contributed by atoms with van der Waals surface area (Å²) in [4.78, 5) is 53.1. The van der Waals surface area contributed by atoms with Gasteiger partial charge >= 0.3 is 11.4 Å². The molecule has 0 radical (unpaired) electrons. The zero-order valence-electron chi connectivity index (χ0n) is 47.2. The standard InChI is InChI=1S/C21H18ClFN7O4P.C14H12Cl2N5OP.C7H7FN2O3.C7H8O3S.C4H10O/c1-34-17-8-12(23)16(30(31)32)9-15(17)28-21-26-10-11(22)20(29-21)27-14-5-4-13-18(25-7-6-24-13)19(14)35(2,3)33;1-23(2,22)12-10(4-3-9-11(12)18-6-5-17-9)20-13-8(15)7-19-14(16)21-13;1-13-7-2-4(8)6(10(11)12)3-5(7)9;1-6-2-4-7(5-3-6)11(8,9)10;1-2-3-4-5/h4-10H,1-3H3,(H2,26,27,28,29);3-7H,1-2H3,(H,19,20,21);2-3H,9H2,1H3;2-5H,1H3,(H,8,9,10);5H,2-4H2,1H3. The molecule has 5 aromatic carbocycles. The molecular weight excluding hydrogens is 1260 g/mol. The third kappa shape index (κ3) is 19.3. The minimum absolute atomic E-state index is 0.00517. The smallest absolute Gasteiger partial charge is 0.307 e. The molecule has 9 rings (SSSR count). The number of methoxy groups -OCH3 is 2. The summed E-state index contributed by atoms with van der Waals surface area (Å²) in [6.07, 6.45) is 11.0. The fourth-order valence-electron chi connectivity index (χ4n) is 7.35. The SMILES string of the molecule is CCCCO.COc1cc(F)c([N+](=O)[O-])cc1N.COc1cc(F)c([N+](=O)[O-])cc1Nc1ncc(Cl)c(Nc2ccc3nccnc3c2P(C)(C)=O)n1.CP(C)(=O)c1c(Nc2nc(Cl)ncc2Cl)ccc2nccnc12.Cc1ccc(S(=O)(=O)O)cc1. The zero-order valence-corrected chi connectivity index (χ0v) is 52.1. The number of nitro groups is 2.